The number of ether oxygens (including phenoxy) is 2. The van der Waals surface area contributed by atoms with Crippen molar-refractivity contribution < 1.29 is 9.47 Å². The number of methoxy groups -OCH3 is 1. The van der Waals surface area contributed by atoms with Crippen LogP contribution in [0.4, 0.5) is 0 Å². The highest BCUT2D eigenvalue weighted by Crippen LogP contribution is 2.23. The summed E-state index contributed by atoms with van der Waals surface area (Å²) in [7, 11) is 1.63. The van der Waals surface area contributed by atoms with E-state index >= 15 is 0 Å². The zero-order valence-electron chi connectivity index (χ0n) is 11.9. The molecule has 0 aromatic heterocycles. The maximum Gasteiger partial charge on any atom is 0.135 e. The normalized spacial score (nSPS) is 9.62. The first kappa shape index (κ1) is 15.3. The smallest absolute Gasteiger partial charge is 0.135 e. The first-order chi connectivity index (χ1) is 10.3. The largest absolute Gasteiger partial charge is 0.497 e. The van der Waals surface area contributed by atoms with Gasteiger partial charge in [0.2, 0.25) is 0 Å². The van der Waals surface area contributed by atoms with Gasteiger partial charge in [-0.1, -0.05) is 42.2 Å². The van der Waals surface area contributed by atoms with E-state index in [-0.39, 0.29) is 0 Å². The summed E-state index contributed by atoms with van der Waals surface area (Å²) in [5.41, 5.74) is 2.04. The van der Waals surface area contributed by atoms with E-state index in [0.717, 1.165) is 23.5 Å². The zero-order chi connectivity index (χ0) is 14.9. The number of hydrogen-bond donors (Lipinski definition) is 0. The molecule has 21 heavy (non-hydrogen) atoms. The molecule has 0 bridgehead atoms. The van der Waals surface area contributed by atoms with Crippen LogP contribution in [-0.2, 0) is 6.42 Å². The quantitative estimate of drug-likeness (QED) is 0.616. The molecule has 0 saturated heterocycles. The molecule has 0 aliphatic carbocycles. The van der Waals surface area contributed by atoms with E-state index < -0.39 is 0 Å². The number of benzene rings is 2. The minimum Gasteiger partial charge on any atom is -0.497 e. The number of alkyl halides is 1. The summed E-state index contributed by atoms with van der Waals surface area (Å²) in [6.45, 7) is 0.603. The molecular formula is C18H17ClO2. The molecule has 2 rings (SSSR count). The minimum atomic E-state index is 0.292. The number of hydrogen-bond acceptors (Lipinski definition) is 2. The maximum absolute atomic E-state index is 5.84. The van der Waals surface area contributed by atoms with E-state index in [9.17, 15) is 0 Å². The molecule has 3 heteroatoms. The molecule has 0 saturated carbocycles. The summed E-state index contributed by atoms with van der Waals surface area (Å²) >= 11 is 5.62. The van der Waals surface area contributed by atoms with Crippen molar-refractivity contribution in [1.29, 1.82) is 0 Å². The topological polar surface area (TPSA) is 18.5 Å². The maximum atomic E-state index is 5.84. The first-order valence-electron chi connectivity index (χ1n) is 6.73. The molecule has 2 nitrogen and oxygen atoms in total. The Balaban J connectivity index is 2.04. The fraction of sp³-hybridized carbons (Fsp3) is 0.222. The van der Waals surface area contributed by atoms with Gasteiger partial charge in [0.15, 0.2) is 0 Å². The SMILES string of the molecule is COc1ccc(OCCc2ccccc2)c(C#CCCl)c1. The van der Waals surface area contributed by atoms with Crippen LogP contribution < -0.4 is 9.47 Å². The predicted molar refractivity (Wildman–Crippen MR) is 86.2 cm³/mol. The molecule has 0 N–H and O–H groups in total. The Hall–Kier alpha value is -2.11. The van der Waals surface area contributed by atoms with Gasteiger partial charge in [-0.2, -0.15) is 0 Å². The lowest BCUT2D eigenvalue weighted by molar-refractivity contribution is 0.320. The lowest BCUT2D eigenvalue weighted by Crippen LogP contribution is -2.02. The molecule has 0 heterocycles. The van der Waals surface area contributed by atoms with Crippen LogP contribution in [0.2, 0.25) is 0 Å². The van der Waals surface area contributed by atoms with Crippen LogP contribution in [0, 0.1) is 11.8 Å². The van der Waals surface area contributed by atoms with Crippen LogP contribution in [-0.4, -0.2) is 19.6 Å². The third-order valence-corrected chi connectivity index (χ3v) is 3.10. The van der Waals surface area contributed by atoms with Crippen LogP contribution in [0.25, 0.3) is 0 Å². The molecular weight excluding hydrogens is 284 g/mol. The van der Waals surface area contributed by atoms with Gasteiger partial charge in [-0.15, -0.1) is 11.6 Å². The highest BCUT2D eigenvalue weighted by Gasteiger charge is 2.04. The Morgan fingerprint density at radius 3 is 2.62 bits per heavy atom. The summed E-state index contributed by atoms with van der Waals surface area (Å²) in [5, 5.41) is 0. The van der Waals surface area contributed by atoms with Crippen LogP contribution in [0.15, 0.2) is 48.5 Å². The molecule has 0 radical (unpaired) electrons. The first-order valence-corrected chi connectivity index (χ1v) is 7.26. The van der Waals surface area contributed by atoms with Crippen molar-refractivity contribution in [3.8, 4) is 23.3 Å². The van der Waals surface area contributed by atoms with Crippen molar-refractivity contribution in [3.63, 3.8) is 0 Å². The monoisotopic (exact) mass is 300 g/mol. The predicted octanol–water partition coefficient (Wildman–Crippen LogP) is 3.91. The van der Waals surface area contributed by atoms with Crippen molar-refractivity contribution in [2.45, 2.75) is 6.42 Å². The Morgan fingerprint density at radius 1 is 1.10 bits per heavy atom. The Labute approximate surface area is 130 Å². The van der Waals surface area contributed by atoms with Gasteiger partial charge >= 0.3 is 0 Å². The molecule has 0 fully saturated rings. The third kappa shape index (κ3) is 4.73. The lowest BCUT2D eigenvalue weighted by Gasteiger charge is -2.10. The molecule has 0 unspecified atom stereocenters. The van der Waals surface area contributed by atoms with Gasteiger partial charge in [-0.25, -0.2) is 0 Å². The van der Waals surface area contributed by atoms with Crippen molar-refractivity contribution >= 4 is 11.6 Å². The van der Waals surface area contributed by atoms with E-state index in [0.29, 0.717) is 12.5 Å². The summed E-state index contributed by atoms with van der Waals surface area (Å²) in [4.78, 5) is 0. The second-order valence-corrected chi connectivity index (χ2v) is 4.65. The fourth-order valence-electron chi connectivity index (χ4n) is 1.91. The van der Waals surface area contributed by atoms with E-state index in [1.165, 1.54) is 5.56 Å². The zero-order valence-corrected chi connectivity index (χ0v) is 12.7. The average molecular weight is 301 g/mol. The van der Waals surface area contributed by atoms with Crippen molar-refractivity contribution in [2.24, 2.45) is 0 Å². The molecule has 0 spiro atoms. The molecule has 0 aliphatic rings. The third-order valence-electron chi connectivity index (χ3n) is 2.97. The van der Waals surface area contributed by atoms with E-state index in [1.807, 2.05) is 36.4 Å². The van der Waals surface area contributed by atoms with Gasteiger partial charge in [-0.3, -0.25) is 0 Å². The second kappa shape index (κ2) is 8.24. The molecule has 2 aromatic rings. The van der Waals surface area contributed by atoms with Crippen LogP contribution in [0.1, 0.15) is 11.1 Å². The van der Waals surface area contributed by atoms with E-state index in [4.69, 9.17) is 21.1 Å². The number of halogens is 1. The molecule has 108 valence electrons. The standard InChI is InChI=1S/C18H17ClO2/c1-20-17-9-10-18(16(14-17)8-5-12-19)21-13-11-15-6-3-2-4-7-15/h2-4,6-7,9-10,14H,11-13H2,1H3. The fourth-order valence-corrected chi connectivity index (χ4v) is 1.98. The summed E-state index contributed by atoms with van der Waals surface area (Å²) in [6, 6.07) is 15.8. The summed E-state index contributed by atoms with van der Waals surface area (Å²) in [5.74, 6) is 7.64. The van der Waals surface area contributed by atoms with Gasteiger partial charge in [0.25, 0.3) is 0 Å². The van der Waals surface area contributed by atoms with Crippen LogP contribution in [0.5, 0.6) is 11.5 Å². The van der Waals surface area contributed by atoms with Crippen molar-refractivity contribution in [2.75, 3.05) is 19.6 Å². The molecule has 2 aromatic carbocycles. The van der Waals surface area contributed by atoms with Crippen LogP contribution in [0.3, 0.4) is 0 Å². The van der Waals surface area contributed by atoms with Crippen molar-refractivity contribution in [3.05, 3.63) is 59.7 Å². The average Bonchev–Trinajstić information content (AvgIpc) is 2.54. The Kier molecular flexibility index (Phi) is 5.99. The highest BCUT2D eigenvalue weighted by molar-refractivity contribution is 6.19. The lowest BCUT2D eigenvalue weighted by atomic mass is 10.1. The minimum absolute atomic E-state index is 0.292. The van der Waals surface area contributed by atoms with E-state index in [1.54, 1.807) is 7.11 Å². The second-order valence-electron chi connectivity index (χ2n) is 4.38. The van der Waals surface area contributed by atoms with Crippen LogP contribution >= 0.6 is 11.6 Å². The van der Waals surface area contributed by atoms with Crippen molar-refractivity contribution in [1.82, 2.24) is 0 Å². The highest BCUT2D eigenvalue weighted by atomic mass is 35.5. The van der Waals surface area contributed by atoms with Gasteiger partial charge in [0.1, 0.15) is 11.5 Å². The van der Waals surface area contributed by atoms with Gasteiger partial charge in [0.05, 0.1) is 25.2 Å². The van der Waals surface area contributed by atoms with E-state index in [2.05, 4.69) is 24.0 Å². The molecule has 0 atom stereocenters. The summed E-state index contributed by atoms with van der Waals surface area (Å²) in [6.07, 6.45) is 0.856. The Morgan fingerprint density at radius 2 is 1.90 bits per heavy atom. The molecule has 0 aliphatic heterocycles. The molecule has 0 amide bonds. The van der Waals surface area contributed by atoms with Gasteiger partial charge < -0.3 is 9.47 Å². The Bertz CT molecular complexity index is 627. The van der Waals surface area contributed by atoms with Gasteiger partial charge in [-0.05, 0) is 23.8 Å². The number of rotatable bonds is 5. The summed E-state index contributed by atoms with van der Waals surface area (Å²) < 4.78 is 11.0. The van der Waals surface area contributed by atoms with Gasteiger partial charge in [0, 0.05) is 6.42 Å².